The van der Waals surface area contributed by atoms with Crippen LogP contribution in [-0.2, 0) is 20.2 Å². The normalized spacial score (nSPS) is 17.9. The van der Waals surface area contributed by atoms with Crippen molar-refractivity contribution in [1.29, 1.82) is 0 Å². The van der Waals surface area contributed by atoms with Crippen LogP contribution in [0.4, 0.5) is 11.4 Å². The number of nitrogens with zero attached hydrogens (tertiary/aromatic N) is 2. The highest BCUT2D eigenvalue weighted by Gasteiger charge is 2.31. The molecule has 2 aromatic carbocycles. The summed E-state index contributed by atoms with van der Waals surface area (Å²) in [7, 11) is -8.09. The van der Waals surface area contributed by atoms with Crippen LogP contribution in [0.1, 0.15) is 39.0 Å². The van der Waals surface area contributed by atoms with E-state index in [9.17, 15) is 16.8 Å². The fraction of sp³-hybridized carbons (Fsp3) is 0.407. The highest BCUT2D eigenvalue weighted by molar-refractivity contribution is 7.86. The minimum absolute atomic E-state index is 0.276. The quantitative estimate of drug-likeness (QED) is 0.199. The highest BCUT2D eigenvalue weighted by atomic mass is 35.5. The van der Waals surface area contributed by atoms with Crippen molar-refractivity contribution < 1.29 is 35.4 Å². The van der Waals surface area contributed by atoms with E-state index >= 15 is 0 Å². The Labute approximate surface area is 250 Å². The Bertz CT molecular complexity index is 1540. The summed E-state index contributed by atoms with van der Waals surface area (Å²) in [6, 6.07) is 10.6. The summed E-state index contributed by atoms with van der Waals surface area (Å²) in [5, 5.41) is 1.07. The molecule has 2 aromatic rings. The molecular formula is C27H32Cl2N2O8S2. The van der Waals surface area contributed by atoms with E-state index < -0.39 is 26.5 Å². The van der Waals surface area contributed by atoms with Crippen LogP contribution in [0.3, 0.4) is 0 Å². The molecule has 14 heteroatoms. The lowest BCUT2D eigenvalue weighted by Gasteiger charge is -2.24. The molecule has 0 spiro atoms. The number of halogens is 2. The summed E-state index contributed by atoms with van der Waals surface area (Å²) in [5.41, 5.74) is 2.44. The van der Waals surface area contributed by atoms with Crippen LogP contribution in [0.25, 0.3) is 0 Å². The molecule has 1 unspecified atom stereocenters. The van der Waals surface area contributed by atoms with Gasteiger partial charge in [-0.15, -0.1) is 0 Å². The Morgan fingerprint density at radius 1 is 0.878 bits per heavy atom. The average molecular weight is 648 g/mol. The highest BCUT2D eigenvalue weighted by Crippen LogP contribution is 2.42. The molecule has 0 amide bonds. The van der Waals surface area contributed by atoms with Crippen molar-refractivity contribution in [3.8, 4) is 11.5 Å². The summed E-state index contributed by atoms with van der Waals surface area (Å²) in [6.45, 7) is 2.90. The number of fused-ring (bicyclic) bond motifs is 2. The van der Waals surface area contributed by atoms with Crippen LogP contribution in [0.15, 0.2) is 60.0 Å². The molecule has 4 rings (SSSR count). The van der Waals surface area contributed by atoms with Crippen LogP contribution < -0.4 is 19.3 Å². The van der Waals surface area contributed by atoms with Gasteiger partial charge in [0.25, 0.3) is 20.2 Å². The standard InChI is InChI=1S/C27H32Cl2N2O8S2/c1-2-19(15-26-30(11-3-5-13-40(32,33)34)22-17-20(28)7-9-24(22)38-26)16-27-31(12-4-6-14-41(35,36)37)23-18-21(29)8-10-25(23)39-27/h7-10,15-18,26H,2-6,11-14H2,1H3,(H,32,33,34)(H,35,36,37)/b19-15-,27-16+. The van der Waals surface area contributed by atoms with Gasteiger partial charge in [0.05, 0.1) is 22.9 Å². The molecule has 2 aliphatic heterocycles. The van der Waals surface area contributed by atoms with E-state index in [0.29, 0.717) is 59.8 Å². The molecule has 41 heavy (non-hydrogen) atoms. The number of hydrogen-bond acceptors (Lipinski definition) is 8. The lowest BCUT2D eigenvalue weighted by molar-refractivity contribution is 0.271. The van der Waals surface area contributed by atoms with Crippen LogP contribution >= 0.6 is 23.2 Å². The fourth-order valence-corrected chi connectivity index (χ4v) is 6.13. The average Bonchev–Trinajstić information content (AvgIpc) is 3.39. The predicted octanol–water partition coefficient (Wildman–Crippen LogP) is 5.93. The van der Waals surface area contributed by atoms with Gasteiger partial charge in [-0.25, -0.2) is 0 Å². The summed E-state index contributed by atoms with van der Waals surface area (Å²) < 4.78 is 75.2. The van der Waals surface area contributed by atoms with Gasteiger partial charge in [-0.1, -0.05) is 30.1 Å². The maximum absolute atomic E-state index is 11.2. The molecule has 2 heterocycles. The lowest BCUT2D eigenvalue weighted by atomic mass is 10.1. The van der Waals surface area contributed by atoms with Gasteiger partial charge in [0.15, 0.2) is 12.0 Å². The van der Waals surface area contributed by atoms with E-state index in [-0.39, 0.29) is 24.3 Å². The zero-order chi connectivity index (χ0) is 29.8. The van der Waals surface area contributed by atoms with Crippen molar-refractivity contribution in [2.75, 3.05) is 34.4 Å². The monoisotopic (exact) mass is 646 g/mol. The van der Waals surface area contributed by atoms with E-state index in [0.717, 1.165) is 16.9 Å². The number of anilines is 2. The largest absolute Gasteiger partial charge is 0.465 e. The minimum Gasteiger partial charge on any atom is -0.465 e. The van der Waals surface area contributed by atoms with E-state index in [2.05, 4.69) is 0 Å². The molecule has 0 saturated carbocycles. The number of hydrogen-bond donors (Lipinski definition) is 2. The summed E-state index contributed by atoms with van der Waals surface area (Å²) >= 11 is 12.5. The first-order chi connectivity index (χ1) is 19.3. The topological polar surface area (TPSA) is 134 Å². The van der Waals surface area contributed by atoms with Gasteiger partial charge >= 0.3 is 0 Å². The molecule has 2 aliphatic rings. The molecule has 0 aliphatic carbocycles. The van der Waals surface area contributed by atoms with Gasteiger partial charge in [-0.2, -0.15) is 16.8 Å². The van der Waals surface area contributed by atoms with Crippen LogP contribution in [-0.4, -0.2) is 56.8 Å². The maximum atomic E-state index is 11.2. The maximum Gasteiger partial charge on any atom is 0.264 e. The van der Waals surface area contributed by atoms with Crippen LogP contribution in [0.2, 0.25) is 10.0 Å². The summed E-state index contributed by atoms with van der Waals surface area (Å²) in [4.78, 5) is 3.92. The van der Waals surface area contributed by atoms with Crippen molar-refractivity contribution >= 4 is 54.8 Å². The molecule has 1 atom stereocenters. The Kier molecular flexibility index (Phi) is 10.1. The molecule has 2 N–H and O–H groups in total. The number of ether oxygens (including phenoxy) is 2. The molecule has 0 radical (unpaired) electrons. The van der Waals surface area contributed by atoms with Gasteiger partial charge in [0.2, 0.25) is 5.88 Å². The molecule has 0 bridgehead atoms. The number of benzene rings is 2. The molecule has 10 nitrogen and oxygen atoms in total. The predicted molar refractivity (Wildman–Crippen MR) is 160 cm³/mol. The number of rotatable bonds is 13. The first-order valence-electron chi connectivity index (χ1n) is 13.1. The van der Waals surface area contributed by atoms with E-state index in [1.807, 2.05) is 28.9 Å². The molecule has 0 aromatic heterocycles. The van der Waals surface area contributed by atoms with Crippen molar-refractivity contribution in [1.82, 2.24) is 0 Å². The van der Waals surface area contributed by atoms with Gasteiger partial charge in [-0.05, 0) is 80.2 Å². The molecule has 224 valence electrons. The molecular weight excluding hydrogens is 615 g/mol. The second-order valence-corrected chi connectivity index (χ2v) is 13.8. The zero-order valence-electron chi connectivity index (χ0n) is 22.4. The Morgan fingerprint density at radius 2 is 1.46 bits per heavy atom. The zero-order valence-corrected chi connectivity index (χ0v) is 25.5. The van der Waals surface area contributed by atoms with E-state index in [4.69, 9.17) is 41.8 Å². The number of unbranched alkanes of at least 4 members (excludes halogenated alkanes) is 2. The molecule has 0 saturated heterocycles. The SMILES string of the molecule is CCC(=C/C1Oc2ccc(Cl)cc2N1CCCCS(=O)(=O)O)/C=C1/Oc2ccc(Cl)cc2N1CCCCS(=O)(=O)O. The van der Waals surface area contributed by atoms with Crippen molar-refractivity contribution in [3.63, 3.8) is 0 Å². The van der Waals surface area contributed by atoms with Gasteiger partial charge in [0, 0.05) is 29.2 Å². The minimum atomic E-state index is -4.05. The van der Waals surface area contributed by atoms with Gasteiger partial charge in [0.1, 0.15) is 5.75 Å². The number of allylic oxidation sites excluding steroid dienone is 2. The first kappa shape index (κ1) is 31.5. The molecule has 0 fully saturated rings. The smallest absolute Gasteiger partial charge is 0.264 e. The Hall–Kier alpha value is -2.48. The second-order valence-electron chi connectivity index (χ2n) is 9.74. The summed E-state index contributed by atoms with van der Waals surface area (Å²) in [5.74, 6) is 1.16. The Morgan fingerprint density at radius 3 is 2.07 bits per heavy atom. The van der Waals surface area contributed by atoms with Crippen molar-refractivity contribution in [2.45, 2.75) is 45.3 Å². The van der Waals surface area contributed by atoms with Crippen molar-refractivity contribution in [2.24, 2.45) is 0 Å². The van der Waals surface area contributed by atoms with Gasteiger partial charge in [-0.3, -0.25) is 9.11 Å². The first-order valence-corrected chi connectivity index (χ1v) is 17.1. The second kappa shape index (κ2) is 13.2. The Balaban J connectivity index is 1.58. The van der Waals surface area contributed by atoms with E-state index in [1.54, 1.807) is 36.4 Å². The lowest BCUT2D eigenvalue weighted by Crippen LogP contribution is -2.34. The van der Waals surface area contributed by atoms with Crippen LogP contribution in [0.5, 0.6) is 11.5 Å². The fourth-order valence-electron chi connectivity index (χ4n) is 4.66. The van der Waals surface area contributed by atoms with E-state index in [1.165, 1.54) is 0 Å². The van der Waals surface area contributed by atoms with Crippen LogP contribution in [0, 0.1) is 0 Å². The summed E-state index contributed by atoms with van der Waals surface area (Å²) in [6.07, 6.45) is 5.53. The third-order valence-electron chi connectivity index (χ3n) is 6.64. The third-order valence-corrected chi connectivity index (χ3v) is 8.72. The third kappa shape index (κ3) is 8.76. The van der Waals surface area contributed by atoms with Gasteiger partial charge < -0.3 is 19.3 Å². The van der Waals surface area contributed by atoms with Crippen molar-refractivity contribution in [3.05, 3.63) is 70.1 Å².